The third-order valence-corrected chi connectivity index (χ3v) is 4.56. The van der Waals surface area contributed by atoms with Crippen molar-refractivity contribution in [3.63, 3.8) is 0 Å². The number of carbonyl (C=O) groups is 2. The van der Waals surface area contributed by atoms with Gasteiger partial charge in [-0.2, -0.15) is 0 Å². The molecule has 0 aromatic carbocycles. The number of aliphatic hydroxyl groups is 1. The Morgan fingerprint density at radius 3 is 2.58 bits per heavy atom. The molecule has 2 rings (SSSR count). The molecule has 0 radical (unpaired) electrons. The largest absolute Gasteiger partial charge is 0.391 e. The molecule has 6 nitrogen and oxygen atoms in total. The Morgan fingerprint density at radius 1 is 1.42 bits per heavy atom. The molecule has 0 aromatic heterocycles. The topological polar surface area (TPSA) is 95.7 Å². The standard InChI is InChI=1S/C13H23N3O3/c1-2-13(3-5-15-6-4-13)12(19)16-8-9(17)7-10(16)11(14)18/h9-10,15,17H,2-8H2,1H3,(H2,14,18). The highest BCUT2D eigenvalue weighted by atomic mass is 16.3. The number of nitrogens with zero attached hydrogens (tertiary/aromatic N) is 1. The Hall–Kier alpha value is -1.14. The predicted octanol–water partition coefficient (Wildman–Crippen LogP) is -0.787. The summed E-state index contributed by atoms with van der Waals surface area (Å²) in [6.07, 6.45) is 1.93. The quantitative estimate of drug-likeness (QED) is 0.626. The number of nitrogens with two attached hydrogens (primary N) is 1. The molecule has 6 heteroatoms. The molecular weight excluding hydrogens is 246 g/mol. The maximum atomic E-state index is 12.8. The fraction of sp³-hybridized carbons (Fsp3) is 0.846. The number of aliphatic hydroxyl groups excluding tert-OH is 1. The van der Waals surface area contributed by atoms with Crippen molar-refractivity contribution in [2.45, 2.75) is 44.8 Å². The SMILES string of the molecule is CCC1(C(=O)N2CC(O)CC2C(N)=O)CCNCC1. The van der Waals surface area contributed by atoms with Gasteiger partial charge in [-0.1, -0.05) is 6.92 Å². The summed E-state index contributed by atoms with van der Waals surface area (Å²) in [7, 11) is 0. The Bertz CT molecular complexity index is 366. The summed E-state index contributed by atoms with van der Waals surface area (Å²) in [5.74, 6) is -0.540. The van der Waals surface area contributed by atoms with Crippen LogP contribution in [-0.2, 0) is 9.59 Å². The Labute approximate surface area is 113 Å². The molecule has 2 unspecified atom stereocenters. The van der Waals surface area contributed by atoms with Crippen LogP contribution in [0.25, 0.3) is 0 Å². The van der Waals surface area contributed by atoms with Crippen LogP contribution in [0.1, 0.15) is 32.6 Å². The molecule has 2 amide bonds. The fourth-order valence-electron chi connectivity index (χ4n) is 3.24. The Morgan fingerprint density at radius 2 is 2.05 bits per heavy atom. The van der Waals surface area contributed by atoms with Gasteiger partial charge in [0.25, 0.3) is 0 Å². The third-order valence-electron chi connectivity index (χ3n) is 4.56. The Kier molecular flexibility index (Phi) is 4.10. The number of rotatable bonds is 3. The molecule has 19 heavy (non-hydrogen) atoms. The van der Waals surface area contributed by atoms with E-state index < -0.39 is 23.5 Å². The van der Waals surface area contributed by atoms with Crippen molar-refractivity contribution in [1.82, 2.24) is 10.2 Å². The highest BCUT2D eigenvalue weighted by Gasteiger charge is 2.46. The number of β-amino-alcohol motifs (C(OH)–C–C–N with tert-alkyl or cyclic N) is 1. The summed E-state index contributed by atoms with van der Waals surface area (Å²) < 4.78 is 0. The molecule has 2 aliphatic heterocycles. The number of hydrogen-bond acceptors (Lipinski definition) is 4. The normalized spacial score (nSPS) is 30.3. The van der Waals surface area contributed by atoms with Crippen LogP contribution in [0.3, 0.4) is 0 Å². The zero-order valence-corrected chi connectivity index (χ0v) is 11.4. The molecule has 4 N–H and O–H groups in total. The zero-order valence-electron chi connectivity index (χ0n) is 11.4. The van der Waals surface area contributed by atoms with Crippen molar-refractivity contribution in [3.05, 3.63) is 0 Å². The smallest absolute Gasteiger partial charge is 0.240 e. The van der Waals surface area contributed by atoms with E-state index in [1.807, 2.05) is 6.92 Å². The highest BCUT2D eigenvalue weighted by Crippen LogP contribution is 2.36. The molecule has 2 fully saturated rings. The van der Waals surface area contributed by atoms with E-state index >= 15 is 0 Å². The summed E-state index contributed by atoms with van der Waals surface area (Å²) in [4.78, 5) is 25.7. The van der Waals surface area contributed by atoms with Gasteiger partial charge in [-0.05, 0) is 32.4 Å². The number of amides is 2. The molecule has 2 heterocycles. The first kappa shape index (κ1) is 14.3. The van der Waals surface area contributed by atoms with E-state index in [2.05, 4.69) is 5.32 Å². The van der Waals surface area contributed by atoms with Crippen LogP contribution in [0.4, 0.5) is 0 Å². The van der Waals surface area contributed by atoms with Gasteiger partial charge in [0.1, 0.15) is 6.04 Å². The maximum absolute atomic E-state index is 12.8. The summed E-state index contributed by atoms with van der Waals surface area (Å²) in [5.41, 5.74) is 4.95. The number of carbonyl (C=O) groups excluding carboxylic acids is 2. The predicted molar refractivity (Wildman–Crippen MR) is 70.1 cm³/mol. The first-order chi connectivity index (χ1) is 9.00. The molecule has 108 valence electrons. The fourth-order valence-corrected chi connectivity index (χ4v) is 3.24. The number of hydrogen-bond donors (Lipinski definition) is 3. The first-order valence-electron chi connectivity index (χ1n) is 6.99. The Balaban J connectivity index is 2.19. The molecule has 0 aliphatic carbocycles. The molecular formula is C13H23N3O3. The van der Waals surface area contributed by atoms with Gasteiger partial charge in [-0.15, -0.1) is 0 Å². The van der Waals surface area contributed by atoms with Crippen LogP contribution in [0.5, 0.6) is 0 Å². The van der Waals surface area contributed by atoms with Crippen LogP contribution in [0.2, 0.25) is 0 Å². The minimum atomic E-state index is -0.652. The van der Waals surface area contributed by atoms with Gasteiger partial charge in [0.2, 0.25) is 11.8 Å². The van der Waals surface area contributed by atoms with Crippen molar-refractivity contribution in [1.29, 1.82) is 0 Å². The molecule has 2 aliphatic rings. The van der Waals surface area contributed by atoms with E-state index in [0.717, 1.165) is 32.4 Å². The third kappa shape index (κ3) is 2.60. The lowest BCUT2D eigenvalue weighted by atomic mass is 9.75. The van der Waals surface area contributed by atoms with E-state index in [1.165, 1.54) is 4.90 Å². The summed E-state index contributed by atoms with van der Waals surface area (Å²) in [5, 5.41) is 13.0. The average molecular weight is 269 g/mol. The van der Waals surface area contributed by atoms with Gasteiger partial charge in [-0.25, -0.2) is 0 Å². The van der Waals surface area contributed by atoms with Crippen LogP contribution in [-0.4, -0.2) is 53.6 Å². The second-order valence-corrected chi connectivity index (χ2v) is 5.65. The van der Waals surface area contributed by atoms with E-state index in [-0.39, 0.29) is 18.9 Å². The average Bonchev–Trinajstić information content (AvgIpc) is 2.81. The monoisotopic (exact) mass is 269 g/mol. The van der Waals surface area contributed by atoms with Gasteiger partial charge < -0.3 is 21.1 Å². The summed E-state index contributed by atoms with van der Waals surface area (Å²) >= 11 is 0. The van der Waals surface area contributed by atoms with Crippen LogP contribution in [0, 0.1) is 5.41 Å². The molecule has 0 aromatic rings. The van der Waals surface area contributed by atoms with Gasteiger partial charge >= 0.3 is 0 Å². The zero-order chi connectivity index (χ0) is 14.0. The van der Waals surface area contributed by atoms with E-state index in [9.17, 15) is 14.7 Å². The summed E-state index contributed by atoms with van der Waals surface area (Å²) in [6.45, 7) is 3.87. The van der Waals surface area contributed by atoms with Crippen molar-refractivity contribution >= 4 is 11.8 Å². The van der Waals surface area contributed by atoms with Gasteiger partial charge in [0.05, 0.1) is 11.5 Å². The highest BCUT2D eigenvalue weighted by molar-refractivity contribution is 5.90. The molecule has 0 bridgehead atoms. The maximum Gasteiger partial charge on any atom is 0.240 e. The van der Waals surface area contributed by atoms with Gasteiger partial charge in [0, 0.05) is 13.0 Å². The van der Waals surface area contributed by atoms with E-state index in [4.69, 9.17) is 5.73 Å². The lowest BCUT2D eigenvalue weighted by molar-refractivity contribution is -0.148. The van der Waals surface area contributed by atoms with Crippen LogP contribution < -0.4 is 11.1 Å². The van der Waals surface area contributed by atoms with Crippen LogP contribution in [0.15, 0.2) is 0 Å². The van der Waals surface area contributed by atoms with Crippen molar-refractivity contribution < 1.29 is 14.7 Å². The minimum absolute atomic E-state index is 0.0168. The molecule has 2 saturated heterocycles. The second-order valence-electron chi connectivity index (χ2n) is 5.65. The first-order valence-corrected chi connectivity index (χ1v) is 6.99. The van der Waals surface area contributed by atoms with E-state index in [1.54, 1.807) is 0 Å². The van der Waals surface area contributed by atoms with Gasteiger partial charge in [-0.3, -0.25) is 9.59 Å². The number of nitrogens with one attached hydrogen (secondary N) is 1. The van der Waals surface area contributed by atoms with Crippen LogP contribution >= 0.6 is 0 Å². The molecule has 0 saturated carbocycles. The second kappa shape index (κ2) is 5.46. The molecule has 2 atom stereocenters. The van der Waals surface area contributed by atoms with Crippen molar-refractivity contribution in [2.24, 2.45) is 11.1 Å². The number of piperidine rings is 1. The summed E-state index contributed by atoms with van der Waals surface area (Å²) in [6, 6.07) is -0.652. The van der Waals surface area contributed by atoms with Crippen molar-refractivity contribution in [3.8, 4) is 0 Å². The number of primary amides is 1. The van der Waals surface area contributed by atoms with Crippen molar-refractivity contribution in [2.75, 3.05) is 19.6 Å². The molecule has 0 spiro atoms. The lowest BCUT2D eigenvalue weighted by Gasteiger charge is -2.39. The lowest BCUT2D eigenvalue weighted by Crippen LogP contribution is -2.53. The van der Waals surface area contributed by atoms with E-state index in [0.29, 0.717) is 0 Å². The minimum Gasteiger partial charge on any atom is -0.391 e. The number of likely N-dealkylation sites (tertiary alicyclic amines) is 1. The van der Waals surface area contributed by atoms with Gasteiger partial charge in [0.15, 0.2) is 0 Å².